The molecule has 0 saturated carbocycles. The molecule has 28 heavy (non-hydrogen) atoms. The Balaban J connectivity index is 1.70. The van der Waals surface area contributed by atoms with E-state index in [1.807, 2.05) is 64.4 Å². The van der Waals surface area contributed by atoms with E-state index in [0.29, 0.717) is 25.1 Å². The normalized spacial score (nSPS) is 20.6. The van der Waals surface area contributed by atoms with Crippen molar-refractivity contribution in [2.45, 2.75) is 12.1 Å². The zero-order valence-electron chi connectivity index (χ0n) is 15.3. The van der Waals surface area contributed by atoms with Crippen LogP contribution < -0.4 is 0 Å². The van der Waals surface area contributed by atoms with Gasteiger partial charge in [0.1, 0.15) is 5.66 Å². The molecule has 1 fully saturated rings. The number of nitrogens with zero attached hydrogens (tertiary/aromatic N) is 3. The van der Waals surface area contributed by atoms with Crippen LogP contribution in [-0.2, 0) is 12.1 Å². The van der Waals surface area contributed by atoms with Gasteiger partial charge >= 0.3 is 0 Å². The van der Waals surface area contributed by atoms with E-state index in [4.69, 9.17) is 0 Å². The van der Waals surface area contributed by atoms with Gasteiger partial charge in [0, 0.05) is 37.5 Å². The highest BCUT2D eigenvalue weighted by molar-refractivity contribution is 6.00. The highest BCUT2D eigenvalue weighted by Gasteiger charge is 2.55. The number of fused-ring (bicyclic) bond motifs is 2. The number of carbonyl (C=O) groups is 2. The molecule has 2 aromatic carbocycles. The summed E-state index contributed by atoms with van der Waals surface area (Å²) in [5, 5.41) is 0. The predicted molar refractivity (Wildman–Crippen MR) is 105 cm³/mol. The first-order valence-electron chi connectivity index (χ1n) is 9.39. The van der Waals surface area contributed by atoms with Gasteiger partial charge in [0.15, 0.2) is 0 Å². The molecule has 138 valence electrons. The Bertz CT molecular complexity index is 1050. The van der Waals surface area contributed by atoms with Crippen LogP contribution in [0.2, 0.25) is 0 Å². The van der Waals surface area contributed by atoms with Gasteiger partial charge in [-0.3, -0.25) is 14.6 Å². The third-order valence-electron chi connectivity index (χ3n) is 5.76. The second-order valence-electron chi connectivity index (χ2n) is 7.17. The lowest BCUT2D eigenvalue weighted by atomic mass is 9.83. The van der Waals surface area contributed by atoms with Gasteiger partial charge in [-0.2, -0.15) is 0 Å². The molecule has 2 aliphatic rings. The number of hydrogen-bond acceptors (Lipinski definition) is 3. The summed E-state index contributed by atoms with van der Waals surface area (Å²) < 4.78 is 0. The largest absolute Gasteiger partial charge is 0.309 e. The minimum absolute atomic E-state index is 0.0211. The topological polar surface area (TPSA) is 53.5 Å². The zero-order valence-corrected chi connectivity index (χ0v) is 15.3. The minimum atomic E-state index is -0.820. The number of benzene rings is 2. The van der Waals surface area contributed by atoms with Gasteiger partial charge in [-0.05, 0) is 29.3 Å². The number of hydrogen-bond donors (Lipinski definition) is 0. The molecule has 3 heterocycles. The molecular weight excluding hydrogens is 350 g/mol. The van der Waals surface area contributed by atoms with Crippen LogP contribution in [0, 0.1) is 0 Å². The van der Waals surface area contributed by atoms with E-state index in [1.165, 1.54) is 0 Å². The molecular formula is C23H19N3O2. The SMILES string of the molecule is O=C(c1cccnc1)N1CCN2C(=O)c3ccccc3CC12c1ccccc1. The Morgan fingerprint density at radius 1 is 0.929 bits per heavy atom. The van der Waals surface area contributed by atoms with E-state index in [-0.39, 0.29) is 11.8 Å². The van der Waals surface area contributed by atoms with Crippen molar-refractivity contribution in [3.63, 3.8) is 0 Å². The molecule has 0 aliphatic carbocycles. The lowest BCUT2D eigenvalue weighted by Crippen LogP contribution is -2.58. The van der Waals surface area contributed by atoms with Crippen molar-refractivity contribution in [2.24, 2.45) is 0 Å². The summed E-state index contributed by atoms with van der Waals surface area (Å²) in [4.78, 5) is 34.6. The molecule has 1 aromatic heterocycles. The Kier molecular flexibility index (Phi) is 3.76. The number of amides is 2. The number of pyridine rings is 1. The van der Waals surface area contributed by atoms with Crippen molar-refractivity contribution in [3.05, 3.63) is 101 Å². The lowest BCUT2D eigenvalue weighted by molar-refractivity contribution is 0.00771. The predicted octanol–water partition coefficient (Wildman–Crippen LogP) is 3.09. The second-order valence-corrected chi connectivity index (χ2v) is 7.17. The number of carbonyl (C=O) groups excluding carboxylic acids is 2. The van der Waals surface area contributed by atoms with Crippen LogP contribution in [0.1, 0.15) is 31.8 Å². The molecule has 5 heteroatoms. The maximum absolute atomic E-state index is 13.4. The summed E-state index contributed by atoms with van der Waals surface area (Å²) in [6.07, 6.45) is 3.81. The van der Waals surface area contributed by atoms with Gasteiger partial charge in [-0.25, -0.2) is 0 Å². The van der Waals surface area contributed by atoms with Gasteiger partial charge in [-0.15, -0.1) is 0 Å². The third-order valence-corrected chi connectivity index (χ3v) is 5.76. The maximum atomic E-state index is 13.4. The zero-order chi connectivity index (χ0) is 19.1. The molecule has 5 rings (SSSR count). The van der Waals surface area contributed by atoms with Gasteiger partial charge in [0.2, 0.25) is 0 Å². The minimum Gasteiger partial charge on any atom is -0.309 e. The molecule has 0 radical (unpaired) electrons. The van der Waals surface area contributed by atoms with E-state index in [0.717, 1.165) is 16.7 Å². The van der Waals surface area contributed by atoms with Gasteiger partial charge in [0.25, 0.3) is 11.8 Å². The van der Waals surface area contributed by atoms with Gasteiger partial charge in [-0.1, -0.05) is 48.5 Å². The fourth-order valence-electron chi connectivity index (χ4n) is 4.50. The quantitative estimate of drug-likeness (QED) is 0.698. The second kappa shape index (κ2) is 6.30. The summed E-state index contributed by atoms with van der Waals surface area (Å²) in [7, 11) is 0. The molecule has 1 unspecified atom stereocenters. The van der Waals surface area contributed by atoms with Crippen LogP contribution in [0.4, 0.5) is 0 Å². The summed E-state index contributed by atoms with van der Waals surface area (Å²) in [5.41, 5.74) is 2.36. The first-order chi connectivity index (χ1) is 13.7. The Morgan fingerprint density at radius 2 is 1.71 bits per heavy atom. The lowest BCUT2D eigenvalue weighted by Gasteiger charge is -2.47. The molecule has 0 spiro atoms. The molecule has 0 bridgehead atoms. The average molecular weight is 369 g/mol. The van der Waals surface area contributed by atoms with Crippen molar-refractivity contribution in [1.82, 2.24) is 14.8 Å². The van der Waals surface area contributed by atoms with E-state index in [1.54, 1.807) is 24.5 Å². The highest BCUT2D eigenvalue weighted by atomic mass is 16.2. The van der Waals surface area contributed by atoms with E-state index in [9.17, 15) is 9.59 Å². The first kappa shape index (κ1) is 16.7. The Morgan fingerprint density at radius 3 is 2.50 bits per heavy atom. The summed E-state index contributed by atoms with van der Waals surface area (Å²) in [6, 6.07) is 21.1. The van der Waals surface area contributed by atoms with Crippen molar-refractivity contribution in [2.75, 3.05) is 13.1 Å². The fraction of sp³-hybridized carbons (Fsp3) is 0.174. The fourth-order valence-corrected chi connectivity index (χ4v) is 4.50. The van der Waals surface area contributed by atoms with Crippen LogP contribution >= 0.6 is 0 Å². The third kappa shape index (κ3) is 2.29. The average Bonchev–Trinajstić information content (AvgIpc) is 3.15. The molecule has 1 saturated heterocycles. The van der Waals surface area contributed by atoms with Crippen LogP contribution in [0.5, 0.6) is 0 Å². The smallest absolute Gasteiger partial charge is 0.257 e. The van der Waals surface area contributed by atoms with E-state index in [2.05, 4.69) is 4.98 Å². The van der Waals surface area contributed by atoms with Gasteiger partial charge < -0.3 is 9.80 Å². The molecule has 5 nitrogen and oxygen atoms in total. The summed E-state index contributed by atoms with van der Waals surface area (Å²) in [5.74, 6) is -0.126. The maximum Gasteiger partial charge on any atom is 0.257 e. The number of rotatable bonds is 2. The van der Waals surface area contributed by atoms with Crippen molar-refractivity contribution < 1.29 is 9.59 Å². The molecule has 2 amide bonds. The Labute approximate surface area is 163 Å². The van der Waals surface area contributed by atoms with Crippen LogP contribution in [0.3, 0.4) is 0 Å². The van der Waals surface area contributed by atoms with Crippen molar-refractivity contribution >= 4 is 11.8 Å². The van der Waals surface area contributed by atoms with Gasteiger partial charge in [0.05, 0.1) is 5.56 Å². The van der Waals surface area contributed by atoms with Crippen LogP contribution in [0.25, 0.3) is 0 Å². The van der Waals surface area contributed by atoms with Crippen molar-refractivity contribution in [3.8, 4) is 0 Å². The summed E-state index contributed by atoms with van der Waals surface area (Å²) in [6.45, 7) is 0.996. The standard InChI is InChI=1S/C23H19N3O2/c27-21(18-8-6-12-24-16-18)25-13-14-26-22(28)20-11-5-4-7-17(20)15-23(25,26)19-9-2-1-3-10-19/h1-12,16H,13-15H2. The summed E-state index contributed by atoms with van der Waals surface area (Å²) >= 11 is 0. The monoisotopic (exact) mass is 369 g/mol. The highest BCUT2D eigenvalue weighted by Crippen LogP contribution is 2.45. The van der Waals surface area contributed by atoms with Crippen LogP contribution in [-0.4, -0.2) is 39.7 Å². The van der Waals surface area contributed by atoms with E-state index >= 15 is 0 Å². The van der Waals surface area contributed by atoms with Crippen LogP contribution in [0.15, 0.2) is 79.1 Å². The first-order valence-corrected chi connectivity index (χ1v) is 9.39. The molecule has 3 aromatic rings. The molecule has 2 aliphatic heterocycles. The van der Waals surface area contributed by atoms with E-state index < -0.39 is 5.66 Å². The number of aromatic nitrogens is 1. The molecule has 0 N–H and O–H groups in total. The molecule has 1 atom stereocenters. The Hall–Kier alpha value is -3.47. The van der Waals surface area contributed by atoms with Crippen molar-refractivity contribution in [1.29, 1.82) is 0 Å².